The Bertz CT molecular complexity index is 397. The minimum atomic E-state index is 0.848. The number of hydrogen-bond acceptors (Lipinski definition) is 4. The van der Waals surface area contributed by atoms with Crippen molar-refractivity contribution in [3.8, 4) is 0 Å². The summed E-state index contributed by atoms with van der Waals surface area (Å²) in [5.74, 6) is 3.01. The molecule has 0 saturated carbocycles. The summed E-state index contributed by atoms with van der Waals surface area (Å²) in [7, 11) is 0. The maximum atomic E-state index is 4.54. The molecule has 1 N–H and O–H groups in total. The first-order valence-corrected chi connectivity index (χ1v) is 7.58. The van der Waals surface area contributed by atoms with Gasteiger partial charge in [-0.05, 0) is 31.6 Å². The second-order valence-electron chi connectivity index (χ2n) is 5.47. The monoisotopic (exact) mass is 262 g/mol. The van der Waals surface area contributed by atoms with Crippen LogP contribution in [0.4, 0.5) is 11.6 Å². The largest absolute Gasteiger partial charge is 0.370 e. The second kappa shape index (κ2) is 6.73. The fourth-order valence-electron chi connectivity index (χ4n) is 2.62. The van der Waals surface area contributed by atoms with Crippen LogP contribution in [0.5, 0.6) is 0 Å². The molecule has 1 aliphatic heterocycles. The molecule has 1 saturated heterocycles. The SMILES string of the molecule is CCCNc1ncnc(N2CCC(C)CC2)c1CC. The molecule has 0 aromatic carbocycles. The average molecular weight is 262 g/mol. The molecule has 0 radical (unpaired) electrons. The van der Waals surface area contributed by atoms with Gasteiger partial charge in [0, 0.05) is 25.2 Å². The maximum absolute atomic E-state index is 4.54. The lowest BCUT2D eigenvalue weighted by atomic mass is 9.99. The van der Waals surface area contributed by atoms with E-state index in [1.165, 1.54) is 18.4 Å². The molecule has 1 aliphatic rings. The summed E-state index contributed by atoms with van der Waals surface area (Å²) in [6.45, 7) is 9.92. The van der Waals surface area contributed by atoms with Crippen LogP contribution in [-0.2, 0) is 6.42 Å². The van der Waals surface area contributed by atoms with Crippen molar-refractivity contribution in [1.82, 2.24) is 9.97 Å². The Morgan fingerprint density at radius 1 is 1.26 bits per heavy atom. The zero-order valence-electron chi connectivity index (χ0n) is 12.4. The van der Waals surface area contributed by atoms with Gasteiger partial charge in [-0.1, -0.05) is 20.8 Å². The van der Waals surface area contributed by atoms with Crippen molar-refractivity contribution in [3.05, 3.63) is 11.9 Å². The summed E-state index contributed by atoms with van der Waals surface area (Å²) in [5.41, 5.74) is 1.27. The van der Waals surface area contributed by atoms with E-state index in [2.05, 4.69) is 41.0 Å². The van der Waals surface area contributed by atoms with Crippen LogP contribution in [0.25, 0.3) is 0 Å². The van der Waals surface area contributed by atoms with E-state index in [1.807, 2.05) is 0 Å². The Morgan fingerprint density at radius 2 is 2.00 bits per heavy atom. The van der Waals surface area contributed by atoms with Crippen LogP contribution in [0.3, 0.4) is 0 Å². The number of nitrogens with zero attached hydrogens (tertiary/aromatic N) is 3. The molecule has 0 amide bonds. The molecule has 2 rings (SSSR count). The molecule has 19 heavy (non-hydrogen) atoms. The molecule has 2 heterocycles. The van der Waals surface area contributed by atoms with Gasteiger partial charge in [0.2, 0.25) is 0 Å². The molecule has 1 fully saturated rings. The number of rotatable bonds is 5. The third kappa shape index (κ3) is 3.37. The van der Waals surface area contributed by atoms with Crippen molar-refractivity contribution in [2.45, 2.75) is 46.5 Å². The van der Waals surface area contributed by atoms with Crippen LogP contribution < -0.4 is 10.2 Å². The van der Waals surface area contributed by atoms with Crippen molar-refractivity contribution in [2.75, 3.05) is 29.9 Å². The van der Waals surface area contributed by atoms with Gasteiger partial charge < -0.3 is 10.2 Å². The molecule has 0 spiro atoms. The highest BCUT2D eigenvalue weighted by atomic mass is 15.2. The molecular formula is C15H26N4. The van der Waals surface area contributed by atoms with E-state index in [-0.39, 0.29) is 0 Å². The van der Waals surface area contributed by atoms with Crippen LogP contribution in [-0.4, -0.2) is 29.6 Å². The van der Waals surface area contributed by atoms with Crippen molar-refractivity contribution in [1.29, 1.82) is 0 Å². The van der Waals surface area contributed by atoms with E-state index >= 15 is 0 Å². The van der Waals surface area contributed by atoms with Gasteiger partial charge in [-0.15, -0.1) is 0 Å². The Balaban J connectivity index is 2.19. The lowest BCUT2D eigenvalue weighted by Gasteiger charge is -2.32. The molecule has 4 nitrogen and oxygen atoms in total. The van der Waals surface area contributed by atoms with E-state index in [0.717, 1.165) is 50.0 Å². The number of aromatic nitrogens is 2. The van der Waals surface area contributed by atoms with Gasteiger partial charge in [-0.3, -0.25) is 0 Å². The third-order valence-corrected chi connectivity index (χ3v) is 3.90. The molecule has 0 bridgehead atoms. The number of nitrogens with one attached hydrogen (secondary N) is 1. The maximum Gasteiger partial charge on any atom is 0.137 e. The Kier molecular flexibility index (Phi) is 5.00. The second-order valence-corrected chi connectivity index (χ2v) is 5.47. The van der Waals surface area contributed by atoms with Gasteiger partial charge in [0.15, 0.2) is 0 Å². The summed E-state index contributed by atoms with van der Waals surface area (Å²) < 4.78 is 0. The molecule has 0 atom stereocenters. The summed E-state index contributed by atoms with van der Waals surface area (Å²) in [4.78, 5) is 11.4. The van der Waals surface area contributed by atoms with Gasteiger partial charge >= 0.3 is 0 Å². The smallest absolute Gasteiger partial charge is 0.137 e. The van der Waals surface area contributed by atoms with Crippen LogP contribution in [0.15, 0.2) is 6.33 Å². The van der Waals surface area contributed by atoms with E-state index < -0.39 is 0 Å². The first kappa shape index (κ1) is 14.1. The Hall–Kier alpha value is -1.32. The lowest BCUT2D eigenvalue weighted by molar-refractivity contribution is 0.436. The number of piperidine rings is 1. The summed E-state index contributed by atoms with van der Waals surface area (Å²) in [5, 5.41) is 3.42. The predicted molar refractivity (Wildman–Crippen MR) is 80.8 cm³/mol. The van der Waals surface area contributed by atoms with Crippen molar-refractivity contribution < 1.29 is 0 Å². The predicted octanol–water partition coefficient (Wildman–Crippen LogP) is 3.10. The van der Waals surface area contributed by atoms with Crippen LogP contribution in [0.2, 0.25) is 0 Å². The quantitative estimate of drug-likeness (QED) is 0.885. The number of anilines is 2. The first-order valence-electron chi connectivity index (χ1n) is 7.58. The number of hydrogen-bond donors (Lipinski definition) is 1. The molecular weight excluding hydrogens is 236 g/mol. The average Bonchev–Trinajstić information content (AvgIpc) is 2.45. The van der Waals surface area contributed by atoms with Gasteiger partial charge in [0.05, 0.1) is 0 Å². The zero-order chi connectivity index (χ0) is 13.7. The van der Waals surface area contributed by atoms with Crippen LogP contribution >= 0.6 is 0 Å². The van der Waals surface area contributed by atoms with Crippen molar-refractivity contribution in [3.63, 3.8) is 0 Å². The first-order chi connectivity index (χ1) is 9.26. The fraction of sp³-hybridized carbons (Fsp3) is 0.733. The Morgan fingerprint density at radius 3 is 2.63 bits per heavy atom. The zero-order valence-corrected chi connectivity index (χ0v) is 12.4. The van der Waals surface area contributed by atoms with Gasteiger partial charge in [0.25, 0.3) is 0 Å². The standard InChI is InChI=1S/C15H26N4/c1-4-8-16-14-13(5-2)15(18-11-17-14)19-9-6-12(3)7-10-19/h11-12H,4-10H2,1-3H3,(H,16,17,18). The van der Waals surface area contributed by atoms with Gasteiger partial charge in [0.1, 0.15) is 18.0 Å². The van der Waals surface area contributed by atoms with E-state index in [4.69, 9.17) is 0 Å². The lowest BCUT2D eigenvalue weighted by Crippen LogP contribution is -2.34. The molecule has 0 aliphatic carbocycles. The summed E-state index contributed by atoms with van der Waals surface area (Å²) >= 11 is 0. The molecule has 106 valence electrons. The molecule has 1 aromatic heterocycles. The van der Waals surface area contributed by atoms with Crippen molar-refractivity contribution in [2.24, 2.45) is 5.92 Å². The highest BCUT2D eigenvalue weighted by Gasteiger charge is 2.20. The highest BCUT2D eigenvalue weighted by Crippen LogP contribution is 2.27. The van der Waals surface area contributed by atoms with Crippen molar-refractivity contribution >= 4 is 11.6 Å². The van der Waals surface area contributed by atoms with E-state index in [0.29, 0.717) is 0 Å². The minimum Gasteiger partial charge on any atom is -0.370 e. The van der Waals surface area contributed by atoms with Gasteiger partial charge in [-0.2, -0.15) is 0 Å². The normalized spacial score (nSPS) is 16.7. The third-order valence-electron chi connectivity index (χ3n) is 3.90. The highest BCUT2D eigenvalue weighted by molar-refractivity contribution is 5.59. The minimum absolute atomic E-state index is 0.848. The summed E-state index contributed by atoms with van der Waals surface area (Å²) in [6, 6.07) is 0. The van der Waals surface area contributed by atoms with Crippen LogP contribution in [0.1, 0.15) is 45.6 Å². The topological polar surface area (TPSA) is 41.1 Å². The van der Waals surface area contributed by atoms with Gasteiger partial charge in [-0.25, -0.2) is 9.97 Å². The summed E-state index contributed by atoms with van der Waals surface area (Å²) in [6.07, 6.45) is 6.33. The Labute approximate surface area is 116 Å². The molecule has 0 unspecified atom stereocenters. The molecule has 1 aromatic rings. The van der Waals surface area contributed by atoms with E-state index in [9.17, 15) is 0 Å². The fourth-order valence-corrected chi connectivity index (χ4v) is 2.62. The molecule has 4 heteroatoms. The van der Waals surface area contributed by atoms with Crippen LogP contribution in [0, 0.1) is 5.92 Å². The van der Waals surface area contributed by atoms with E-state index in [1.54, 1.807) is 6.33 Å².